The van der Waals surface area contributed by atoms with E-state index in [4.69, 9.17) is 19.4 Å². The number of carbonyl (C=O) groups is 2. The SMILES string of the molecule is C=O.C=O.CC(C)C(O)[C-]=O.CCOc1c[c-]ccc1CNc1ccc(CC)c(C(F)(F)F)c1.[K+]. The van der Waals surface area contributed by atoms with Gasteiger partial charge in [0.05, 0.1) is 12.2 Å². The van der Waals surface area contributed by atoms with Gasteiger partial charge in [0.2, 0.25) is 0 Å². The largest absolute Gasteiger partial charge is 1.00 e. The van der Waals surface area contributed by atoms with Crippen LogP contribution >= 0.6 is 0 Å². The molecule has 0 bridgehead atoms. The average molecular weight is 523 g/mol. The molecule has 0 amide bonds. The van der Waals surface area contributed by atoms with Gasteiger partial charge in [-0.15, -0.1) is 6.07 Å². The summed E-state index contributed by atoms with van der Waals surface area (Å²) < 4.78 is 44.8. The zero-order chi connectivity index (χ0) is 26.7. The summed E-state index contributed by atoms with van der Waals surface area (Å²) in [6.07, 6.45) is -3.43. The second-order valence-corrected chi connectivity index (χ2v) is 6.85. The topological polar surface area (TPSA) is 92.7 Å². The van der Waals surface area contributed by atoms with Crippen LogP contribution in [0.1, 0.15) is 44.4 Å². The number of benzene rings is 2. The first-order valence-corrected chi connectivity index (χ1v) is 10.3. The first-order valence-electron chi connectivity index (χ1n) is 10.3. The minimum absolute atomic E-state index is 0. The van der Waals surface area contributed by atoms with Crippen LogP contribution in [0.2, 0.25) is 0 Å². The molecule has 2 rings (SSSR count). The number of ether oxygens (including phenoxy) is 1. The molecule has 0 aliphatic rings. The van der Waals surface area contributed by atoms with E-state index in [9.17, 15) is 18.0 Å². The van der Waals surface area contributed by atoms with Gasteiger partial charge >= 0.3 is 57.6 Å². The number of aliphatic hydroxyl groups is 1. The van der Waals surface area contributed by atoms with Crippen molar-refractivity contribution in [2.24, 2.45) is 5.92 Å². The Morgan fingerprint density at radius 1 is 1.11 bits per heavy atom. The van der Waals surface area contributed by atoms with E-state index >= 15 is 0 Å². The van der Waals surface area contributed by atoms with Gasteiger partial charge in [-0.2, -0.15) is 31.4 Å². The van der Waals surface area contributed by atoms with E-state index in [1.54, 1.807) is 39.0 Å². The smallest absolute Gasteiger partial charge is 0.551 e. The van der Waals surface area contributed by atoms with Gasteiger partial charge in [0.1, 0.15) is 13.6 Å². The van der Waals surface area contributed by atoms with Crippen molar-refractivity contribution in [3.05, 3.63) is 59.2 Å². The molecule has 1 unspecified atom stereocenters. The molecule has 1 atom stereocenters. The summed E-state index contributed by atoms with van der Waals surface area (Å²) in [6.45, 7) is 12.0. The van der Waals surface area contributed by atoms with Crippen molar-refractivity contribution in [1.29, 1.82) is 0 Å². The maximum absolute atomic E-state index is 13.1. The second-order valence-electron chi connectivity index (χ2n) is 6.85. The number of aryl methyl sites for hydroxylation is 1. The van der Waals surface area contributed by atoms with Gasteiger partial charge in [-0.3, -0.25) is 0 Å². The number of nitrogens with one attached hydrogen (secondary N) is 1. The van der Waals surface area contributed by atoms with Gasteiger partial charge in [-0.1, -0.05) is 32.4 Å². The van der Waals surface area contributed by atoms with Gasteiger partial charge in [-0.05, 0) is 43.1 Å². The van der Waals surface area contributed by atoms with E-state index in [0.29, 0.717) is 36.6 Å². The Bertz CT molecular complexity index is 833. The Kier molecular flexibility index (Phi) is 23.5. The molecule has 2 N–H and O–H groups in total. The minimum Gasteiger partial charge on any atom is -0.551 e. The van der Waals surface area contributed by atoms with Gasteiger partial charge in [0, 0.05) is 18.0 Å². The number of aliphatic hydroxyl groups excluding tert-OH is 1. The summed E-state index contributed by atoms with van der Waals surface area (Å²) in [5.74, 6) is 0.682. The molecule has 0 spiro atoms. The molecule has 0 saturated carbocycles. The Morgan fingerprint density at radius 2 is 1.71 bits per heavy atom. The summed E-state index contributed by atoms with van der Waals surface area (Å²) in [4.78, 5) is 25.6. The van der Waals surface area contributed by atoms with Crippen molar-refractivity contribution < 1.29 is 88.8 Å². The molecule has 0 radical (unpaired) electrons. The van der Waals surface area contributed by atoms with E-state index in [-0.39, 0.29) is 57.3 Å². The number of rotatable bonds is 8. The number of halogens is 3. The third-order valence-electron chi connectivity index (χ3n) is 4.24. The van der Waals surface area contributed by atoms with Crippen molar-refractivity contribution in [1.82, 2.24) is 0 Å². The molecular formula is C25H32F3KNO5-. The molecule has 0 fully saturated rings. The number of hydrogen-bond acceptors (Lipinski definition) is 6. The first kappa shape index (κ1) is 38.0. The molecule has 0 aromatic heterocycles. The molecule has 0 aliphatic carbocycles. The molecule has 2 aromatic carbocycles. The monoisotopic (exact) mass is 522 g/mol. The van der Waals surface area contributed by atoms with E-state index in [1.807, 2.05) is 26.6 Å². The summed E-state index contributed by atoms with van der Waals surface area (Å²) in [6, 6.07) is 12.6. The number of hydrogen-bond donors (Lipinski definition) is 2. The third kappa shape index (κ3) is 15.2. The molecule has 10 heteroatoms. The van der Waals surface area contributed by atoms with Crippen LogP contribution in [0.5, 0.6) is 5.75 Å². The number of alkyl halides is 3. The molecule has 0 aliphatic heterocycles. The van der Waals surface area contributed by atoms with Crippen molar-refractivity contribution in [3.8, 4) is 5.75 Å². The zero-order valence-corrected chi connectivity index (χ0v) is 24.0. The molecule has 0 heterocycles. The molecular weight excluding hydrogens is 490 g/mol. The van der Waals surface area contributed by atoms with Crippen LogP contribution in [0.3, 0.4) is 0 Å². The first-order chi connectivity index (χ1) is 16.1. The van der Waals surface area contributed by atoms with Gasteiger partial charge in [0.25, 0.3) is 0 Å². The number of anilines is 1. The predicted octanol–water partition coefficient (Wildman–Crippen LogP) is 1.83. The van der Waals surface area contributed by atoms with Crippen LogP contribution in [0.15, 0.2) is 36.4 Å². The third-order valence-corrected chi connectivity index (χ3v) is 4.24. The fourth-order valence-corrected chi connectivity index (χ4v) is 2.48. The van der Waals surface area contributed by atoms with E-state index < -0.39 is 17.8 Å². The second kappa shape index (κ2) is 21.7. The Morgan fingerprint density at radius 3 is 2.14 bits per heavy atom. The fraction of sp³-hybridized carbons (Fsp3) is 0.400. The average Bonchev–Trinajstić information content (AvgIpc) is 2.85. The maximum atomic E-state index is 13.1. The summed E-state index contributed by atoms with van der Waals surface area (Å²) in [7, 11) is 0. The van der Waals surface area contributed by atoms with E-state index in [2.05, 4.69) is 11.4 Å². The van der Waals surface area contributed by atoms with Crippen molar-refractivity contribution in [2.75, 3.05) is 11.9 Å². The van der Waals surface area contributed by atoms with Crippen molar-refractivity contribution in [3.63, 3.8) is 0 Å². The van der Waals surface area contributed by atoms with E-state index in [0.717, 1.165) is 11.6 Å². The molecule has 6 nitrogen and oxygen atoms in total. The molecule has 2 aromatic rings. The normalized spacial score (nSPS) is 10.5. The van der Waals surface area contributed by atoms with Crippen molar-refractivity contribution >= 4 is 25.6 Å². The van der Waals surface area contributed by atoms with E-state index in [1.165, 1.54) is 12.4 Å². The standard InChI is InChI=1S/C18H19F3NO.C5H9O2.2CH2O.K/c1-3-13-9-10-15(11-16(13)18(19,20)21)22-12-14-7-5-6-8-17(14)23-4-2;1-4(2)5(7)3-6;2*1-2;/h5,7-11,22H,3-4,12H2,1-2H3;4-5,7H,1-2H3;2*1H2;/q2*-1;;;+1. The van der Waals surface area contributed by atoms with Crippen LogP contribution in [0, 0.1) is 12.0 Å². The van der Waals surface area contributed by atoms with Gasteiger partial charge < -0.3 is 29.5 Å². The molecule has 35 heavy (non-hydrogen) atoms. The summed E-state index contributed by atoms with van der Waals surface area (Å²) >= 11 is 0. The maximum Gasteiger partial charge on any atom is 1.00 e. The summed E-state index contributed by atoms with van der Waals surface area (Å²) in [5.41, 5.74) is 1.02. The minimum atomic E-state index is -4.35. The Labute approximate surface area is 248 Å². The van der Waals surface area contributed by atoms with Gasteiger partial charge in [0.15, 0.2) is 0 Å². The Balaban J connectivity index is -0.000000728. The quantitative estimate of drug-likeness (QED) is 0.406. The predicted molar refractivity (Wildman–Crippen MR) is 125 cm³/mol. The van der Waals surface area contributed by atoms with Crippen LogP contribution in [0.4, 0.5) is 18.9 Å². The molecule has 0 saturated heterocycles. The van der Waals surface area contributed by atoms with Crippen molar-refractivity contribution in [2.45, 2.75) is 52.9 Å². The van der Waals surface area contributed by atoms with Crippen LogP contribution in [-0.2, 0) is 33.5 Å². The van der Waals surface area contributed by atoms with Gasteiger partial charge in [-0.25, -0.2) is 6.29 Å². The Hall–Kier alpha value is -1.56. The van der Waals surface area contributed by atoms with Crippen LogP contribution in [0.25, 0.3) is 0 Å². The summed E-state index contributed by atoms with van der Waals surface area (Å²) in [5, 5.41) is 11.5. The number of carbonyl (C=O) groups excluding carboxylic acids is 3. The van der Waals surface area contributed by atoms with Crippen LogP contribution < -0.4 is 61.4 Å². The fourth-order valence-electron chi connectivity index (χ4n) is 2.48. The van der Waals surface area contributed by atoms with Crippen LogP contribution in [-0.4, -0.2) is 37.7 Å². The molecule has 190 valence electrons. The zero-order valence-electron chi connectivity index (χ0n) is 20.9.